The second-order valence-corrected chi connectivity index (χ2v) is 6.51. The van der Waals surface area contributed by atoms with E-state index in [0.717, 1.165) is 21.9 Å². The third-order valence-electron chi connectivity index (χ3n) is 4.44. The van der Waals surface area contributed by atoms with Crippen LogP contribution < -0.4 is 15.4 Å². The topological polar surface area (TPSA) is 101 Å². The van der Waals surface area contributed by atoms with Gasteiger partial charge in [-0.25, -0.2) is 9.78 Å². The molecule has 8 heteroatoms. The van der Waals surface area contributed by atoms with Crippen LogP contribution in [-0.2, 0) is 16.0 Å². The molecule has 0 radical (unpaired) electrons. The lowest BCUT2D eigenvalue weighted by Crippen LogP contribution is -2.35. The zero-order valence-electron chi connectivity index (χ0n) is 15.8. The van der Waals surface area contributed by atoms with Crippen molar-refractivity contribution in [2.24, 2.45) is 0 Å². The molecule has 0 saturated carbocycles. The van der Waals surface area contributed by atoms with Crippen molar-refractivity contribution in [3.8, 4) is 5.75 Å². The predicted molar refractivity (Wildman–Crippen MR) is 103 cm³/mol. The quantitative estimate of drug-likeness (QED) is 0.712. The average molecular weight is 382 g/mol. The van der Waals surface area contributed by atoms with Crippen LogP contribution in [0.5, 0.6) is 5.75 Å². The van der Waals surface area contributed by atoms with E-state index in [4.69, 9.17) is 4.74 Å². The zero-order chi connectivity index (χ0) is 20.1. The SMILES string of the molecule is COc1ccc(CCN2C(=O)NC(CC(=O)Nc3cccc(C)n3)C2=O)cc1. The Balaban J connectivity index is 1.54. The van der Waals surface area contributed by atoms with Gasteiger partial charge in [0.1, 0.15) is 17.6 Å². The highest BCUT2D eigenvalue weighted by Gasteiger charge is 2.38. The van der Waals surface area contributed by atoms with Crippen LogP contribution >= 0.6 is 0 Å². The maximum absolute atomic E-state index is 12.5. The number of aryl methyl sites for hydroxylation is 1. The molecule has 2 N–H and O–H groups in total. The lowest BCUT2D eigenvalue weighted by Gasteiger charge is -2.13. The van der Waals surface area contributed by atoms with Gasteiger partial charge in [0.15, 0.2) is 0 Å². The number of hydrogen-bond donors (Lipinski definition) is 2. The van der Waals surface area contributed by atoms with Crippen molar-refractivity contribution < 1.29 is 19.1 Å². The molecule has 4 amide bonds. The molecule has 0 aliphatic carbocycles. The number of methoxy groups -OCH3 is 1. The second-order valence-electron chi connectivity index (χ2n) is 6.51. The lowest BCUT2D eigenvalue weighted by atomic mass is 10.1. The van der Waals surface area contributed by atoms with Crippen LogP contribution in [0, 0.1) is 6.92 Å². The first-order valence-corrected chi connectivity index (χ1v) is 8.94. The summed E-state index contributed by atoms with van der Waals surface area (Å²) in [6.45, 7) is 2.06. The Kier molecular flexibility index (Phi) is 5.88. The van der Waals surface area contributed by atoms with Crippen LogP contribution in [0.15, 0.2) is 42.5 Å². The Hall–Kier alpha value is -3.42. The number of benzene rings is 1. The van der Waals surface area contributed by atoms with Gasteiger partial charge in [0.05, 0.1) is 13.5 Å². The Morgan fingerprint density at radius 2 is 1.96 bits per heavy atom. The molecule has 8 nitrogen and oxygen atoms in total. The number of ether oxygens (including phenoxy) is 1. The van der Waals surface area contributed by atoms with Gasteiger partial charge in [-0.15, -0.1) is 0 Å². The summed E-state index contributed by atoms with van der Waals surface area (Å²) in [6.07, 6.45) is 0.383. The van der Waals surface area contributed by atoms with Gasteiger partial charge in [-0.1, -0.05) is 18.2 Å². The summed E-state index contributed by atoms with van der Waals surface area (Å²) in [5, 5.41) is 5.22. The smallest absolute Gasteiger partial charge is 0.324 e. The zero-order valence-corrected chi connectivity index (χ0v) is 15.8. The Morgan fingerprint density at radius 3 is 2.64 bits per heavy atom. The maximum Gasteiger partial charge on any atom is 0.324 e. The fourth-order valence-electron chi connectivity index (χ4n) is 2.95. The van der Waals surface area contributed by atoms with Gasteiger partial charge in [0.25, 0.3) is 5.91 Å². The normalized spacial score (nSPS) is 16.1. The van der Waals surface area contributed by atoms with Gasteiger partial charge in [-0.3, -0.25) is 14.5 Å². The number of amides is 4. The number of nitrogens with zero attached hydrogens (tertiary/aromatic N) is 2. The molecule has 3 rings (SSSR count). The Morgan fingerprint density at radius 1 is 1.21 bits per heavy atom. The second kappa shape index (κ2) is 8.51. The molecule has 28 heavy (non-hydrogen) atoms. The van der Waals surface area contributed by atoms with E-state index in [9.17, 15) is 14.4 Å². The monoisotopic (exact) mass is 382 g/mol. The summed E-state index contributed by atoms with van der Waals surface area (Å²) >= 11 is 0. The number of carbonyl (C=O) groups excluding carboxylic acids is 3. The summed E-state index contributed by atoms with van der Waals surface area (Å²) < 4.78 is 5.11. The molecular formula is C20H22N4O4. The van der Waals surface area contributed by atoms with Crippen molar-refractivity contribution in [2.75, 3.05) is 19.0 Å². The number of imide groups is 1. The number of nitrogens with one attached hydrogen (secondary N) is 2. The van der Waals surface area contributed by atoms with Crippen LogP contribution in [0.2, 0.25) is 0 Å². The van der Waals surface area contributed by atoms with Gasteiger partial charge >= 0.3 is 6.03 Å². The van der Waals surface area contributed by atoms with E-state index < -0.39 is 18.0 Å². The van der Waals surface area contributed by atoms with E-state index in [1.54, 1.807) is 19.2 Å². The van der Waals surface area contributed by atoms with Crippen LogP contribution in [0.4, 0.5) is 10.6 Å². The number of urea groups is 1. The van der Waals surface area contributed by atoms with Crippen LogP contribution in [0.3, 0.4) is 0 Å². The first-order chi connectivity index (χ1) is 13.5. The molecule has 1 aromatic heterocycles. The van der Waals surface area contributed by atoms with E-state index in [2.05, 4.69) is 15.6 Å². The Labute approximate surface area is 162 Å². The minimum atomic E-state index is -0.867. The minimum Gasteiger partial charge on any atom is -0.497 e. The summed E-state index contributed by atoms with van der Waals surface area (Å²) in [5.41, 5.74) is 1.75. The first-order valence-electron chi connectivity index (χ1n) is 8.94. The number of aromatic nitrogens is 1. The van der Waals surface area contributed by atoms with Gasteiger partial charge in [-0.2, -0.15) is 0 Å². The molecule has 0 spiro atoms. The molecule has 1 unspecified atom stereocenters. The third kappa shape index (κ3) is 4.64. The molecule has 1 atom stereocenters. The van der Waals surface area contributed by atoms with Gasteiger partial charge in [-0.05, 0) is 43.2 Å². The van der Waals surface area contributed by atoms with E-state index in [1.165, 1.54) is 0 Å². The third-order valence-corrected chi connectivity index (χ3v) is 4.44. The van der Waals surface area contributed by atoms with Crippen molar-refractivity contribution in [3.05, 3.63) is 53.7 Å². The first kappa shape index (κ1) is 19.3. The molecular weight excluding hydrogens is 360 g/mol. The van der Waals surface area contributed by atoms with Crippen molar-refractivity contribution in [1.29, 1.82) is 0 Å². The standard InChI is InChI=1S/C20H22N4O4/c1-13-4-3-5-17(21-13)23-18(25)12-16-19(26)24(20(27)22-16)11-10-14-6-8-15(28-2)9-7-14/h3-9,16H,10-12H2,1-2H3,(H,22,27)(H,21,23,25). The van der Waals surface area contributed by atoms with Crippen LogP contribution in [-0.4, -0.2) is 47.4 Å². The molecule has 1 aliphatic heterocycles. The molecule has 1 fully saturated rings. The van der Waals surface area contributed by atoms with Gasteiger partial charge in [0.2, 0.25) is 5.91 Å². The average Bonchev–Trinajstić information content (AvgIpc) is 2.93. The van der Waals surface area contributed by atoms with Crippen molar-refractivity contribution in [1.82, 2.24) is 15.2 Å². The molecule has 0 bridgehead atoms. The van der Waals surface area contributed by atoms with E-state index >= 15 is 0 Å². The molecule has 2 aromatic rings. The highest BCUT2D eigenvalue weighted by molar-refractivity contribution is 6.06. The number of hydrogen-bond acceptors (Lipinski definition) is 5. The Bertz CT molecular complexity index is 882. The van der Waals surface area contributed by atoms with Crippen molar-refractivity contribution >= 4 is 23.7 Å². The van der Waals surface area contributed by atoms with Gasteiger partial charge < -0.3 is 15.4 Å². The summed E-state index contributed by atoms with van der Waals surface area (Å²) in [5.74, 6) is 0.380. The predicted octanol–water partition coefficient (Wildman–Crippen LogP) is 1.89. The fourth-order valence-corrected chi connectivity index (χ4v) is 2.95. The number of anilines is 1. The summed E-state index contributed by atoms with van der Waals surface area (Å²) in [6, 6.07) is 11.3. The number of rotatable bonds is 7. The highest BCUT2D eigenvalue weighted by atomic mass is 16.5. The van der Waals surface area contributed by atoms with Crippen molar-refractivity contribution in [2.45, 2.75) is 25.8 Å². The van der Waals surface area contributed by atoms with Crippen LogP contribution in [0.25, 0.3) is 0 Å². The molecule has 1 aromatic carbocycles. The number of pyridine rings is 1. The molecule has 146 valence electrons. The molecule has 1 saturated heterocycles. The van der Waals surface area contributed by atoms with E-state index in [0.29, 0.717) is 12.2 Å². The fraction of sp³-hybridized carbons (Fsp3) is 0.300. The minimum absolute atomic E-state index is 0.140. The largest absolute Gasteiger partial charge is 0.497 e. The molecule has 2 heterocycles. The van der Waals surface area contributed by atoms with Crippen molar-refractivity contribution in [3.63, 3.8) is 0 Å². The lowest BCUT2D eigenvalue weighted by molar-refractivity contribution is -0.129. The number of carbonyl (C=O) groups is 3. The van der Waals surface area contributed by atoms with E-state index in [1.807, 2.05) is 37.3 Å². The molecule has 1 aliphatic rings. The maximum atomic E-state index is 12.5. The highest BCUT2D eigenvalue weighted by Crippen LogP contribution is 2.15. The van der Waals surface area contributed by atoms with E-state index in [-0.39, 0.29) is 18.9 Å². The van der Waals surface area contributed by atoms with Crippen LogP contribution in [0.1, 0.15) is 17.7 Å². The van der Waals surface area contributed by atoms with Gasteiger partial charge in [0, 0.05) is 12.2 Å². The summed E-state index contributed by atoms with van der Waals surface area (Å²) in [7, 11) is 1.59. The summed E-state index contributed by atoms with van der Waals surface area (Å²) in [4.78, 5) is 42.2.